The van der Waals surface area contributed by atoms with Crippen LogP contribution >= 0.6 is 0 Å². The van der Waals surface area contributed by atoms with E-state index in [9.17, 15) is 15.0 Å². The summed E-state index contributed by atoms with van der Waals surface area (Å²) in [5, 5.41) is 26.7. The zero-order valence-corrected chi connectivity index (χ0v) is 12.3. The highest BCUT2D eigenvalue weighted by Crippen LogP contribution is 2.28. The second-order valence-corrected chi connectivity index (χ2v) is 5.12. The van der Waals surface area contributed by atoms with Crippen LogP contribution in [0.25, 0.3) is 0 Å². The Kier molecular flexibility index (Phi) is 9.72. The Bertz CT molecular complexity index is 331. The molecule has 0 radical (unpaired) electrons. The first-order valence-corrected chi connectivity index (χ1v) is 7.16. The number of aliphatic hydroxyl groups is 2. The molecule has 1 aliphatic rings. The molecule has 2 atom stereocenters. The number of aliphatic carboxylic acids is 1. The van der Waals surface area contributed by atoms with Gasteiger partial charge in [0.15, 0.2) is 0 Å². The van der Waals surface area contributed by atoms with Crippen molar-refractivity contribution in [2.24, 2.45) is 5.92 Å². The molecule has 5 heteroatoms. The lowest BCUT2D eigenvalue weighted by Gasteiger charge is -2.12. The number of Topliss-reactive ketones (excluding diaryl/α,β-unsaturated/α-hetero) is 1. The van der Waals surface area contributed by atoms with Crippen LogP contribution < -0.4 is 0 Å². The van der Waals surface area contributed by atoms with E-state index in [0.717, 1.165) is 19.8 Å². The highest BCUT2D eigenvalue weighted by Gasteiger charge is 2.33. The van der Waals surface area contributed by atoms with Crippen molar-refractivity contribution in [3.63, 3.8) is 0 Å². The molecule has 0 aromatic carbocycles. The van der Waals surface area contributed by atoms with Gasteiger partial charge in [-0.1, -0.05) is 26.2 Å². The van der Waals surface area contributed by atoms with Crippen LogP contribution in [0.3, 0.4) is 0 Å². The number of hydrogen-bond acceptors (Lipinski definition) is 4. The van der Waals surface area contributed by atoms with Crippen LogP contribution in [0.1, 0.15) is 58.8 Å². The number of hydrogen-bond donors (Lipinski definition) is 3. The maximum atomic E-state index is 11.1. The van der Waals surface area contributed by atoms with Crippen molar-refractivity contribution in [2.75, 3.05) is 0 Å². The Morgan fingerprint density at radius 1 is 1.25 bits per heavy atom. The summed E-state index contributed by atoms with van der Waals surface area (Å²) in [6.45, 7) is 3.24. The zero-order valence-electron chi connectivity index (χ0n) is 12.3. The van der Waals surface area contributed by atoms with Crippen LogP contribution in [0.15, 0.2) is 11.8 Å². The highest BCUT2D eigenvalue weighted by molar-refractivity contribution is 5.82. The molecule has 0 bridgehead atoms. The molecular weight excluding hydrogens is 260 g/mol. The Morgan fingerprint density at radius 2 is 1.85 bits per heavy atom. The van der Waals surface area contributed by atoms with Gasteiger partial charge in [-0.25, -0.2) is 0 Å². The number of allylic oxidation sites excluding steroid dienone is 1. The SMILES string of the molecule is CC(=O)O.CCCCCCC=C(O)C1CC(=O)CC1O. The molecule has 0 aliphatic heterocycles. The summed E-state index contributed by atoms with van der Waals surface area (Å²) in [7, 11) is 0. The molecule has 0 aromatic heterocycles. The first-order chi connectivity index (χ1) is 9.38. The molecule has 1 saturated carbocycles. The van der Waals surface area contributed by atoms with Crippen LogP contribution in [0.2, 0.25) is 0 Å². The molecule has 0 saturated heterocycles. The van der Waals surface area contributed by atoms with E-state index in [1.165, 1.54) is 19.3 Å². The Morgan fingerprint density at radius 3 is 2.30 bits per heavy atom. The lowest BCUT2D eigenvalue weighted by atomic mass is 10.0. The van der Waals surface area contributed by atoms with Gasteiger partial charge in [-0.3, -0.25) is 9.59 Å². The Balaban J connectivity index is 0.000000796. The van der Waals surface area contributed by atoms with Crippen molar-refractivity contribution in [1.29, 1.82) is 0 Å². The number of aliphatic hydroxyl groups excluding tert-OH is 2. The van der Waals surface area contributed by atoms with Crippen LogP contribution in [-0.2, 0) is 9.59 Å². The summed E-state index contributed by atoms with van der Waals surface area (Å²) in [5.41, 5.74) is 0. The normalized spacial score (nSPS) is 22.4. The van der Waals surface area contributed by atoms with Crippen LogP contribution in [-0.4, -0.2) is 33.2 Å². The van der Waals surface area contributed by atoms with Gasteiger partial charge in [0.05, 0.1) is 11.9 Å². The largest absolute Gasteiger partial charge is 0.512 e. The molecule has 0 heterocycles. The standard InChI is InChI=1S/C13H22O3.C2H4O2/c1-2-3-4-5-6-7-12(15)11-8-10(14)9-13(11)16;1-2(3)4/h7,11,13,15-16H,2-6,8-9H2,1H3;1H3,(H,3,4). The minimum atomic E-state index is -0.833. The third kappa shape index (κ3) is 8.69. The minimum Gasteiger partial charge on any atom is -0.512 e. The number of unbranched alkanes of at least 4 members (excludes halogenated alkanes) is 4. The van der Waals surface area contributed by atoms with Gasteiger partial charge in [0, 0.05) is 25.7 Å². The molecule has 5 nitrogen and oxygen atoms in total. The average molecular weight is 286 g/mol. The van der Waals surface area contributed by atoms with E-state index in [0.29, 0.717) is 6.42 Å². The topological polar surface area (TPSA) is 94.8 Å². The van der Waals surface area contributed by atoms with E-state index in [-0.39, 0.29) is 23.9 Å². The third-order valence-electron chi connectivity index (χ3n) is 3.14. The molecule has 0 aromatic rings. The minimum absolute atomic E-state index is 0.0448. The van der Waals surface area contributed by atoms with Gasteiger partial charge in [-0.05, 0) is 18.9 Å². The lowest BCUT2D eigenvalue weighted by Crippen LogP contribution is -2.15. The number of carboxylic acid groups (broad SMARTS) is 1. The van der Waals surface area contributed by atoms with Crippen molar-refractivity contribution in [2.45, 2.75) is 64.9 Å². The van der Waals surface area contributed by atoms with Gasteiger partial charge in [-0.2, -0.15) is 0 Å². The monoisotopic (exact) mass is 286 g/mol. The Labute approximate surface area is 120 Å². The van der Waals surface area contributed by atoms with Crippen LogP contribution in [0.5, 0.6) is 0 Å². The van der Waals surface area contributed by atoms with Crippen molar-refractivity contribution in [3.05, 3.63) is 11.8 Å². The first kappa shape index (κ1) is 18.6. The fraction of sp³-hybridized carbons (Fsp3) is 0.733. The van der Waals surface area contributed by atoms with Gasteiger partial charge >= 0.3 is 0 Å². The predicted molar refractivity (Wildman–Crippen MR) is 76.5 cm³/mol. The fourth-order valence-electron chi connectivity index (χ4n) is 2.11. The smallest absolute Gasteiger partial charge is 0.300 e. The fourth-order valence-corrected chi connectivity index (χ4v) is 2.11. The number of carboxylic acids is 1. The summed E-state index contributed by atoms with van der Waals surface area (Å²) >= 11 is 0. The maximum absolute atomic E-state index is 11.1. The number of carbonyl (C=O) groups excluding carboxylic acids is 1. The van der Waals surface area contributed by atoms with Crippen molar-refractivity contribution >= 4 is 11.8 Å². The van der Waals surface area contributed by atoms with E-state index in [4.69, 9.17) is 9.90 Å². The molecule has 1 fully saturated rings. The quantitative estimate of drug-likeness (QED) is 0.515. The first-order valence-electron chi connectivity index (χ1n) is 7.16. The molecular formula is C15H26O5. The lowest BCUT2D eigenvalue weighted by molar-refractivity contribution is -0.134. The van der Waals surface area contributed by atoms with Gasteiger partial charge < -0.3 is 15.3 Å². The molecule has 0 amide bonds. The molecule has 3 N–H and O–H groups in total. The van der Waals surface area contributed by atoms with E-state index in [1.807, 2.05) is 0 Å². The number of carbonyl (C=O) groups is 2. The van der Waals surface area contributed by atoms with Crippen LogP contribution in [0, 0.1) is 5.92 Å². The second kappa shape index (κ2) is 10.4. The number of ketones is 1. The van der Waals surface area contributed by atoms with Gasteiger partial charge in [0.25, 0.3) is 5.97 Å². The molecule has 1 aliphatic carbocycles. The van der Waals surface area contributed by atoms with Gasteiger partial charge in [0.1, 0.15) is 5.78 Å². The predicted octanol–water partition coefficient (Wildman–Crippen LogP) is 2.83. The van der Waals surface area contributed by atoms with E-state index in [2.05, 4.69) is 6.92 Å². The highest BCUT2D eigenvalue weighted by atomic mass is 16.4. The molecule has 0 spiro atoms. The summed E-state index contributed by atoms with van der Waals surface area (Å²) in [4.78, 5) is 20.1. The Hall–Kier alpha value is -1.36. The number of rotatable bonds is 6. The summed E-state index contributed by atoms with van der Waals surface area (Å²) in [5.74, 6) is -0.933. The molecule has 20 heavy (non-hydrogen) atoms. The average Bonchev–Trinajstić information content (AvgIpc) is 2.67. The van der Waals surface area contributed by atoms with Crippen molar-refractivity contribution in [1.82, 2.24) is 0 Å². The van der Waals surface area contributed by atoms with E-state index < -0.39 is 12.1 Å². The maximum Gasteiger partial charge on any atom is 0.300 e. The molecule has 1 rings (SSSR count). The summed E-state index contributed by atoms with van der Waals surface area (Å²) in [6.07, 6.45) is 7.06. The molecule has 116 valence electrons. The third-order valence-corrected chi connectivity index (χ3v) is 3.14. The van der Waals surface area contributed by atoms with Crippen molar-refractivity contribution in [3.8, 4) is 0 Å². The second-order valence-electron chi connectivity index (χ2n) is 5.12. The van der Waals surface area contributed by atoms with Gasteiger partial charge in [0.2, 0.25) is 0 Å². The van der Waals surface area contributed by atoms with Crippen molar-refractivity contribution < 1.29 is 24.9 Å². The molecule has 2 unspecified atom stereocenters. The van der Waals surface area contributed by atoms with E-state index >= 15 is 0 Å². The zero-order chi connectivity index (χ0) is 15.5. The van der Waals surface area contributed by atoms with Crippen LogP contribution in [0.4, 0.5) is 0 Å². The van der Waals surface area contributed by atoms with Gasteiger partial charge in [-0.15, -0.1) is 0 Å². The summed E-state index contributed by atoms with van der Waals surface area (Å²) in [6, 6.07) is 0. The summed E-state index contributed by atoms with van der Waals surface area (Å²) < 4.78 is 0. The van der Waals surface area contributed by atoms with E-state index in [1.54, 1.807) is 6.08 Å².